The minimum atomic E-state index is -1.58. The van der Waals surface area contributed by atoms with Crippen LogP contribution in [0.4, 0.5) is 0 Å². The number of allylic oxidation sites excluding steroid dienone is 6. The summed E-state index contributed by atoms with van der Waals surface area (Å²) in [5.41, 5.74) is 0. The van der Waals surface area contributed by atoms with Gasteiger partial charge in [-0.1, -0.05) is 166 Å². The van der Waals surface area contributed by atoms with E-state index < -0.39 is 10.6 Å². The highest BCUT2D eigenvalue weighted by Gasteiger charge is 2.18. The Hall–Kier alpha value is -0.590. The van der Waals surface area contributed by atoms with E-state index in [0.29, 0.717) is 0 Å². The van der Waals surface area contributed by atoms with E-state index in [4.69, 9.17) is 13.1 Å². The Morgan fingerprint density at radius 1 is 0.481 bits per heavy atom. The van der Waals surface area contributed by atoms with Crippen molar-refractivity contribution in [3.05, 3.63) is 36.5 Å². The van der Waals surface area contributed by atoms with Crippen LogP contribution in [0, 0.1) is 0 Å². The van der Waals surface area contributed by atoms with Crippen LogP contribution in [0.15, 0.2) is 36.5 Å². The molecule has 0 saturated heterocycles. The number of rotatable bonds is 42. The molecule has 0 spiro atoms. The van der Waals surface area contributed by atoms with E-state index in [2.05, 4.69) is 81.7 Å². The van der Waals surface area contributed by atoms with Crippen LogP contribution in [0.1, 0.15) is 213 Å². The molecule has 0 aromatic rings. The molecular weight excluding hydrogens is 659 g/mol. The first kappa shape index (κ1) is 51.4. The van der Waals surface area contributed by atoms with Crippen molar-refractivity contribution >= 4 is 10.6 Å². The molecule has 0 radical (unpaired) electrons. The molecule has 0 bridgehead atoms. The van der Waals surface area contributed by atoms with Gasteiger partial charge in [0.2, 0.25) is 0 Å². The van der Waals surface area contributed by atoms with E-state index in [9.17, 15) is 0 Å². The summed E-state index contributed by atoms with van der Waals surface area (Å²) in [4.78, 5) is 2.34. The maximum atomic E-state index is 6.54. The van der Waals surface area contributed by atoms with Gasteiger partial charge in [0.15, 0.2) is 6.29 Å². The van der Waals surface area contributed by atoms with Crippen molar-refractivity contribution in [3.8, 4) is 0 Å². The van der Waals surface area contributed by atoms with E-state index in [0.717, 1.165) is 58.4 Å². The molecule has 310 valence electrons. The molecule has 1 unspecified atom stereocenters. The summed E-state index contributed by atoms with van der Waals surface area (Å²) in [7, 11) is 0.593. The monoisotopic (exact) mass is 752 g/mol. The molecule has 0 aromatic heterocycles. The molecule has 5 heteroatoms. The lowest BCUT2D eigenvalue weighted by atomic mass is 10.1. The molecule has 0 amide bonds. The molecule has 0 heterocycles. The lowest BCUT2D eigenvalue weighted by molar-refractivity contribution is -0.0849. The number of ether oxygens (including phenoxy) is 1. The van der Waals surface area contributed by atoms with E-state index in [1.165, 1.54) is 161 Å². The fourth-order valence-corrected chi connectivity index (χ4v) is 7.66. The Morgan fingerprint density at radius 3 is 1.42 bits per heavy atom. The van der Waals surface area contributed by atoms with Gasteiger partial charge in [0.1, 0.15) is 0 Å². The molecule has 0 rings (SSSR count). The minimum Gasteiger partial charge on any atom is -0.351 e. The summed E-state index contributed by atoms with van der Waals surface area (Å²) >= 11 is 0. The van der Waals surface area contributed by atoms with Crippen LogP contribution in [-0.4, -0.2) is 57.1 Å². The zero-order valence-corrected chi connectivity index (χ0v) is 37.0. The van der Waals surface area contributed by atoms with Crippen molar-refractivity contribution in [2.24, 2.45) is 0 Å². The van der Waals surface area contributed by atoms with Crippen molar-refractivity contribution in [2.75, 3.05) is 45.9 Å². The lowest BCUT2D eigenvalue weighted by Crippen LogP contribution is -2.24. The molecular formula is C47H93NO3S. The van der Waals surface area contributed by atoms with E-state index >= 15 is 0 Å². The van der Waals surface area contributed by atoms with Crippen LogP contribution in [0.2, 0.25) is 0 Å². The van der Waals surface area contributed by atoms with Crippen LogP contribution >= 0.6 is 10.6 Å². The summed E-state index contributed by atoms with van der Waals surface area (Å²) in [6, 6.07) is 0. The van der Waals surface area contributed by atoms with Gasteiger partial charge >= 0.3 is 0 Å². The highest BCUT2D eigenvalue weighted by Crippen LogP contribution is 2.44. The second-order valence-electron chi connectivity index (χ2n) is 15.6. The van der Waals surface area contributed by atoms with Gasteiger partial charge in [-0.25, -0.2) is 0 Å². The zero-order chi connectivity index (χ0) is 38.1. The van der Waals surface area contributed by atoms with E-state index in [1.807, 2.05) is 0 Å². The fraction of sp³-hybridized carbons (Fsp3) is 0.872. The van der Waals surface area contributed by atoms with Gasteiger partial charge in [-0.05, 0) is 90.6 Å². The number of nitrogens with zero attached hydrogens (tertiary/aromatic N) is 1. The molecule has 0 aromatic carbocycles. The number of hydrogen-bond donors (Lipinski definition) is 0. The quantitative estimate of drug-likeness (QED) is 0.0353. The molecule has 0 N–H and O–H groups in total. The first-order chi connectivity index (χ1) is 25.4. The van der Waals surface area contributed by atoms with Crippen LogP contribution < -0.4 is 0 Å². The van der Waals surface area contributed by atoms with Crippen molar-refractivity contribution < 1.29 is 13.1 Å². The van der Waals surface area contributed by atoms with Crippen molar-refractivity contribution in [2.45, 2.75) is 220 Å². The zero-order valence-electron chi connectivity index (χ0n) is 36.2. The Bertz CT molecular complexity index is 783. The fourth-order valence-electron chi connectivity index (χ4n) is 6.41. The average molecular weight is 752 g/mol. The van der Waals surface area contributed by atoms with Crippen molar-refractivity contribution in [3.63, 3.8) is 0 Å². The lowest BCUT2D eigenvalue weighted by Gasteiger charge is -2.38. The largest absolute Gasteiger partial charge is 0.351 e. The molecule has 0 saturated carbocycles. The van der Waals surface area contributed by atoms with E-state index in [1.54, 1.807) is 0 Å². The van der Waals surface area contributed by atoms with Crippen molar-refractivity contribution in [1.29, 1.82) is 0 Å². The minimum absolute atomic E-state index is 0.153. The third-order valence-electron chi connectivity index (χ3n) is 10.0. The van der Waals surface area contributed by atoms with Crippen LogP contribution in [0.25, 0.3) is 0 Å². The first-order valence-electron chi connectivity index (χ1n) is 22.8. The summed E-state index contributed by atoms with van der Waals surface area (Å²) < 4.78 is 19.2. The Balaban J connectivity index is 4.02. The van der Waals surface area contributed by atoms with Gasteiger partial charge in [0.25, 0.3) is 0 Å². The van der Waals surface area contributed by atoms with Crippen LogP contribution in [0.3, 0.4) is 0 Å². The molecule has 4 nitrogen and oxygen atoms in total. The van der Waals surface area contributed by atoms with Gasteiger partial charge in [-0.2, -0.15) is 10.6 Å². The highest BCUT2D eigenvalue weighted by molar-refractivity contribution is 8.24. The third-order valence-corrected chi connectivity index (χ3v) is 11.4. The summed E-state index contributed by atoms with van der Waals surface area (Å²) in [6.07, 6.45) is 57.1. The maximum Gasteiger partial charge on any atom is 0.180 e. The summed E-state index contributed by atoms with van der Waals surface area (Å²) in [5, 5.41) is 0. The van der Waals surface area contributed by atoms with Crippen molar-refractivity contribution in [1.82, 2.24) is 4.90 Å². The molecule has 0 aliphatic carbocycles. The predicted molar refractivity (Wildman–Crippen MR) is 237 cm³/mol. The highest BCUT2D eigenvalue weighted by atomic mass is 32.3. The Morgan fingerprint density at radius 2 is 0.904 bits per heavy atom. The molecule has 0 fully saturated rings. The standard InChI is InChI=1S/C47H93NO3S/c1-7-10-12-14-16-18-20-22-24-25-26-27-29-31-33-35-37-39-41-46-50-52(5,6)51-47(49-45-42-44-48(4)9-3)43-40-38-36-34-32-30-28-23-21-19-17-15-13-11-8-2/h16,18,22-24,28,47H,7-15,17,19-21,25-27,29-46H2,1-6H3/b18-16-,24-22-,28-23-. The third kappa shape index (κ3) is 40.6. The second-order valence-corrected chi connectivity index (χ2v) is 18.3. The first-order valence-corrected chi connectivity index (χ1v) is 25.1. The smallest absolute Gasteiger partial charge is 0.180 e. The van der Waals surface area contributed by atoms with Gasteiger partial charge < -0.3 is 9.64 Å². The SMILES string of the molecule is CCCCC/C=C\C/C=C\CCCCCCCCCCCOS(C)(C)OC(CCCCCCC/C=C\CCCCCCCC)OCCCN(C)CC. The molecule has 0 aliphatic heterocycles. The van der Waals surface area contributed by atoms with Gasteiger partial charge in [-0.15, -0.1) is 0 Å². The van der Waals surface area contributed by atoms with E-state index in [-0.39, 0.29) is 6.29 Å². The topological polar surface area (TPSA) is 30.9 Å². The van der Waals surface area contributed by atoms with Gasteiger partial charge in [-0.3, -0.25) is 8.37 Å². The van der Waals surface area contributed by atoms with Crippen LogP contribution in [-0.2, 0) is 13.1 Å². The second kappa shape index (κ2) is 41.6. The molecule has 0 aliphatic rings. The summed E-state index contributed by atoms with van der Waals surface area (Å²) in [5.74, 6) is 0. The molecule has 1 atom stereocenters. The Labute approximate surface area is 329 Å². The van der Waals surface area contributed by atoms with Crippen LogP contribution in [0.5, 0.6) is 0 Å². The summed E-state index contributed by atoms with van der Waals surface area (Å²) in [6.45, 7) is 10.5. The number of unbranched alkanes of at least 4 members (excludes halogenated alkanes) is 23. The average Bonchev–Trinajstić information content (AvgIpc) is 3.13. The number of hydrogen-bond acceptors (Lipinski definition) is 4. The maximum absolute atomic E-state index is 6.54. The predicted octanol–water partition coefficient (Wildman–Crippen LogP) is 15.6. The van der Waals surface area contributed by atoms with Gasteiger partial charge in [0.05, 0.1) is 13.2 Å². The normalized spacial score (nSPS) is 13.5. The molecule has 52 heavy (non-hydrogen) atoms. The van der Waals surface area contributed by atoms with Gasteiger partial charge in [0, 0.05) is 25.5 Å². The Kier molecular flexibility index (Phi) is 41.1.